The van der Waals surface area contributed by atoms with Gasteiger partial charge in [0.15, 0.2) is 0 Å². The van der Waals surface area contributed by atoms with E-state index >= 15 is 0 Å². The Labute approximate surface area is 281 Å². The number of unbranched alkanes of at least 4 members (excludes halogenated alkanes) is 7. The second-order valence-corrected chi connectivity index (χ2v) is 10.8. The number of ether oxygens (including phenoxy) is 2. The molecule has 10 nitrogen and oxygen atoms in total. The first-order valence-corrected chi connectivity index (χ1v) is 15.9. The van der Waals surface area contributed by atoms with Gasteiger partial charge < -0.3 is 31.2 Å². The second-order valence-electron chi connectivity index (χ2n) is 10.8. The fourth-order valence-corrected chi connectivity index (χ4v) is 4.11. The molecule has 48 heavy (non-hydrogen) atoms. The minimum Gasteiger partial charge on any atom is -0.478 e. The Morgan fingerprint density at radius 3 is 1.00 bits per heavy atom. The van der Waals surface area contributed by atoms with E-state index in [1.165, 1.54) is 99.9 Å². The Balaban J connectivity index is 0.000000264. The first-order chi connectivity index (χ1) is 23.0. The third-order valence-corrected chi connectivity index (χ3v) is 6.87. The van der Waals surface area contributed by atoms with Gasteiger partial charge in [0.1, 0.15) is 11.5 Å². The van der Waals surface area contributed by atoms with Gasteiger partial charge in [0.25, 0.3) is 0 Å². The lowest BCUT2D eigenvalue weighted by molar-refractivity contribution is 0.0685. The number of esters is 2. The predicted octanol–water partition coefficient (Wildman–Crippen LogP) is 8.52. The molecule has 0 bridgehead atoms. The molecule has 4 aromatic rings. The number of hydrogen-bond donors (Lipinski definition) is 4. The summed E-state index contributed by atoms with van der Waals surface area (Å²) in [5.41, 5.74) is 13.2. The van der Waals surface area contributed by atoms with Gasteiger partial charge >= 0.3 is 23.9 Å². The Hall–Kier alpha value is -5.64. The van der Waals surface area contributed by atoms with Gasteiger partial charge in [-0.15, -0.1) is 0 Å². The van der Waals surface area contributed by atoms with Crippen molar-refractivity contribution in [1.82, 2.24) is 0 Å². The van der Waals surface area contributed by atoms with E-state index in [9.17, 15) is 19.2 Å². The maximum absolute atomic E-state index is 11.8. The van der Waals surface area contributed by atoms with Crippen LogP contribution in [0.2, 0.25) is 0 Å². The highest BCUT2D eigenvalue weighted by Crippen LogP contribution is 2.16. The summed E-state index contributed by atoms with van der Waals surface area (Å²) < 4.78 is 10.2. The van der Waals surface area contributed by atoms with Gasteiger partial charge in [0, 0.05) is 11.4 Å². The number of nitrogens with two attached hydrogens (primary N) is 2. The molecule has 0 amide bonds. The van der Waals surface area contributed by atoms with Gasteiger partial charge in [0.05, 0.1) is 22.3 Å². The molecule has 0 aliphatic carbocycles. The lowest BCUT2D eigenvalue weighted by Crippen LogP contribution is -2.08. The minimum absolute atomic E-state index is 0.132. The van der Waals surface area contributed by atoms with Gasteiger partial charge in [-0.25, -0.2) is 19.2 Å². The maximum Gasteiger partial charge on any atom is 0.343 e. The number of carbonyl (C=O) groups excluding carboxylic acids is 2. The van der Waals surface area contributed by atoms with E-state index in [0.717, 1.165) is 0 Å². The normalized spacial score (nSPS) is 9.96. The van der Waals surface area contributed by atoms with Crippen molar-refractivity contribution in [3.63, 3.8) is 0 Å². The summed E-state index contributed by atoms with van der Waals surface area (Å²) in [5, 5.41) is 17.5. The number of aromatic carboxylic acids is 2. The number of carbonyl (C=O) groups is 4. The van der Waals surface area contributed by atoms with Crippen molar-refractivity contribution in [1.29, 1.82) is 0 Å². The Kier molecular flexibility index (Phi) is 17.0. The number of anilines is 2. The van der Waals surface area contributed by atoms with Crippen LogP contribution < -0.4 is 20.9 Å². The molecule has 0 radical (unpaired) electrons. The van der Waals surface area contributed by atoms with Crippen molar-refractivity contribution >= 4 is 35.3 Å². The highest BCUT2D eigenvalue weighted by molar-refractivity contribution is 5.92. The third-order valence-electron chi connectivity index (χ3n) is 6.87. The zero-order chi connectivity index (χ0) is 35.3. The number of nitrogen functional groups attached to an aromatic ring is 2. The molecule has 4 rings (SSSR count). The molecule has 0 spiro atoms. The lowest BCUT2D eigenvalue weighted by atomic mass is 10.1. The summed E-state index contributed by atoms with van der Waals surface area (Å²) in [7, 11) is 0. The van der Waals surface area contributed by atoms with Gasteiger partial charge in [-0.2, -0.15) is 0 Å². The molecular formula is C38H44N2O8. The van der Waals surface area contributed by atoms with Crippen LogP contribution in [0.15, 0.2) is 97.1 Å². The van der Waals surface area contributed by atoms with Crippen molar-refractivity contribution in [2.75, 3.05) is 11.5 Å². The zero-order valence-corrected chi connectivity index (χ0v) is 27.4. The van der Waals surface area contributed by atoms with Crippen LogP contribution in [0, 0.1) is 0 Å². The van der Waals surface area contributed by atoms with E-state index < -0.39 is 23.9 Å². The fourth-order valence-electron chi connectivity index (χ4n) is 4.11. The predicted molar refractivity (Wildman–Crippen MR) is 187 cm³/mol. The van der Waals surface area contributed by atoms with E-state index in [-0.39, 0.29) is 22.6 Å². The van der Waals surface area contributed by atoms with Gasteiger partial charge in [-0.1, -0.05) is 65.2 Å². The number of benzene rings is 4. The van der Waals surface area contributed by atoms with Crippen molar-refractivity contribution in [3.8, 4) is 11.5 Å². The first kappa shape index (κ1) is 38.5. The van der Waals surface area contributed by atoms with E-state index in [1.807, 2.05) is 0 Å². The zero-order valence-electron chi connectivity index (χ0n) is 27.4. The molecule has 0 atom stereocenters. The molecule has 0 aromatic heterocycles. The molecule has 0 aliphatic rings. The molecule has 0 aliphatic heterocycles. The minimum atomic E-state index is -1.03. The molecule has 10 heteroatoms. The van der Waals surface area contributed by atoms with E-state index in [4.69, 9.17) is 31.2 Å². The monoisotopic (exact) mass is 656 g/mol. The summed E-state index contributed by atoms with van der Waals surface area (Å²) in [5.74, 6) is -2.54. The second kappa shape index (κ2) is 21.2. The molecule has 0 heterocycles. The quantitative estimate of drug-likeness (QED) is 0.0471. The summed E-state index contributed by atoms with van der Waals surface area (Å²) in [4.78, 5) is 44.9. The lowest BCUT2D eigenvalue weighted by Gasteiger charge is -2.04. The Morgan fingerprint density at radius 2 is 0.729 bits per heavy atom. The summed E-state index contributed by atoms with van der Waals surface area (Å²) >= 11 is 0. The SMILES string of the molecule is CCCCCCCCCC.Nc1ccc(C(=O)Oc2ccc(C(=O)O)cc2)cc1.Nc1ccc(C(=O)Oc2ccc(C(=O)O)cc2)cc1. The molecule has 0 saturated heterocycles. The standard InChI is InChI=1S/2C14H11NO4.C10H22/c2*15-11-5-1-10(2-6-11)14(18)19-12-7-3-9(4-8-12)13(16)17;1-3-5-7-9-10-8-6-4-2/h2*1-8H,15H2,(H,16,17);3-10H2,1-2H3. The smallest absolute Gasteiger partial charge is 0.343 e. The number of hydrogen-bond acceptors (Lipinski definition) is 8. The van der Waals surface area contributed by atoms with E-state index in [1.54, 1.807) is 48.5 Å². The largest absolute Gasteiger partial charge is 0.478 e. The van der Waals surface area contributed by atoms with Crippen LogP contribution in [0.25, 0.3) is 0 Å². The van der Waals surface area contributed by atoms with Crippen molar-refractivity contribution < 1.29 is 38.9 Å². The average molecular weight is 657 g/mol. The van der Waals surface area contributed by atoms with Crippen LogP contribution in [0.5, 0.6) is 11.5 Å². The van der Waals surface area contributed by atoms with Crippen LogP contribution in [-0.4, -0.2) is 34.1 Å². The Bertz CT molecular complexity index is 1450. The van der Waals surface area contributed by atoms with Gasteiger partial charge in [-0.3, -0.25) is 0 Å². The highest BCUT2D eigenvalue weighted by Gasteiger charge is 2.10. The van der Waals surface area contributed by atoms with Gasteiger partial charge in [-0.05, 0) is 97.1 Å². The van der Waals surface area contributed by atoms with Crippen molar-refractivity contribution in [3.05, 3.63) is 119 Å². The van der Waals surface area contributed by atoms with Crippen molar-refractivity contribution in [2.24, 2.45) is 0 Å². The van der Waals surface area contributed by atoms with Crippen LogP contribution in [0.3, 0.4) is 0 Å². The van der Waals surface area contributed by atoms with E-state index in [2.05, 4.69) is 13.8 Å². The number of rotatable bonds is 13. The molecule has 6 N–H and O–H groups in total. The fraction of sp³-hybridized carbons (Fsp3) is 0.263. The molecular weight excluding hydrogens is 612 g/mol. The molecule has 0 saturated carbocycles. The topological polar surface area (TPSA) is 179 Å². The number of carboxylic acid groups (broad SMARTS) is 2. The molecule has 254 valence electrons. The summed E-state index contributed by atoms with van der Waals surface area (Å²) in [6.45, 7) is 4.54. The molecule has 0 unspecified atom stereocenters. The summed E-state index contributed by atoms with van der Waals surface area (Å²) in [6.07, 6.45) is 11.5. The van der Waals surface area contributed by atoms with Crippen molar-refractivity contribution in [2.45, 2.75) is 65.2 Å². The summed E-state index contributed by atoms with van der Waals surface area (Å²) in [6, 6.07) is 23.8. The molecule has 0 fully saturated rings. The third kappa shape index (κ3) is 14.6. The maximum atomic E-state index is 11.8. The van der Waals surface area contributed by atoms with E-state index in [0.29, 0.717) is 22.5 Å². The highest BCUT2D eigenvalue weighted by atomic mass is 16.5. The number of carboxylic acids is 2. The Morgan fingerprint density at radius 1 is 0.458 bits per heavy atom. The van der Waals surface area contributed by atoms with Crippen LogP contribution in [-0.2, 0) is 0 Å². The van der Waals surface area contributed by atoms with Crippen LogP contribution >= 0.6 is 0 Å². The first-order valence-electron chi connectivity index (χ1n) is 15.9. The van der Waals surface area contributed by atoms with Crippen LogP contribution in [0.1, 0.15) is 107 Å². The average Bonchev–Trinajstić information content (AvgIpc) is 3.08. The van der Waals surface area contributed by atoms with Crippen LogP contribution in [0.4, 0.5) is 11.4 Å². The van der Waals surface area contributed by atoms with Gasteiger partial charge in [0.2, 0.25) is 0 Å². The molecule has 4 aromatic carbocycles.